The van der Waals surface area contributed by atoms with E-state index >= 15 is 0 Å². The fourth-order valence-electron chi connectivity index (χ4n) is 2.40. The third kappa shape index (κ3) is 5.38. The molecule has 0 amide bonds. The van der Waals surface area contributed by atoms with Crippen LogP contribution in [0.3, 0.4) is 0 Å². The minimum absolute atomic E-state index is 0.0663. The number of benzene rings is 1. The highest BCUT2D eigenvalue weighted by atomic mass is 32.2. The number of hydrogen-bond acceptors (Lipinski definition) is 5. The summed E-state index contributed by atoms with van der Waals surface area (Å²) in [4.78, 5) is 29.2. The Hall–Kier alpha value is -2.23. The van der Waals surface area contributed by atoms with Crippen molar-refractivity contribution >= 4 is 11.8 Å². The zero-order valence-electron chi connectivity index (χ0n) is 15.3. The average molecular weight is 403 g/mol. The van der Waals surface area contributed by atoms with Crippen molar-refractivity contribution in [3.8, 4) is 5.75 Å². The molecule has 0 fully saturated rings. The molecule has 2 aromatic rings. The molecule has 0 N–H and O–H groups in total. The van der Waals surface area contributed by atoms with E-state index in [-0.39, 0.29) is 17.5 Å². The zero-order valence-corrected chi connectivity index (χ0v) is 16.1. The van der Waals surface area contributed by atoms with Crippen LogP contribution in [-0.4, -0.2) is 26.2 Å². The summed E-state index contributed by atoms with van der Waals surface area (Å²) in [5, 5.41) is 0.267. The van der Waals surface area contributed by atoms with Gasteiger partial charge in [-0.2, -0.15) is 4.98 Å². The summed E-state index contributed by atoms with van der Waals surface area (Å²) >= 11 is 1.24. The molecule has 0 aliphatic rings. The average Bonchev–Trinajstić information content (AvgIpc) is 2.50. The smallest absolute Gasteiger partial charge is 0.406 e. The summed E-state index contributed by atoms with van der Waals surface area (Å²) in [5.41, 5.74) is -1.34. The topological polar surface area (TPSA) is 66.1 Å². The number of alkyl halides is 3. The number of rotatable bonds is 5. The highest BCUT2D eigenvalue weighted by Crippen LogP contribution is 2.23. The molecule has 0 spiro atoms. The molecule has 6 nitrogen and oxygen atoms in total. The van der Waals surface area contributed by atoms with Gasteiger partial charge in [0.05, 0.1) is 6.54 Å². The second-order valence-corrected chi connectivity index (χ2v) is 7.91. The van der Waals surface area contributed by atoms with Gasteiger partial charge in [-0.3, -0.25) is 4.57 Å². The van der Waals surface area contributed by atoms with Gasteiger partial charge < -0.3 is 4.74 Å². The number of ether oxygens (including phenoxy) is 1. The van der Waals surface area contributed by atoms with Crippen LogP contribution in [0.5, 0.6) is 5.75 Å². The van der Waals surface area contributed by atoms with Crippen LogP contribution in [0.2, 0.25) is 0 Å². The van der Waals surface area contributed by atoms with Crippen LogP contribution in [-0.2, 0) is 12.1 Å². The second kappa shape index (κ2) is 7.79. The number of nitrogens with zero attached hydrogens (tertiary/aromatic N) is 3. The molecular formula is C17H20F3N3O3S. The van der Waals surface area contributed by atoms with E-state index in [1.54, 1.807) is 20.8 Å². The van der Waals surface area contributed by atoms with Crippen LogP contribution in [0, 0.1) is 0 Å². The van der Waals surface area contributed by atoms with Gasteiger partial charge >= 0.3 is 17.7 Å². The van der Waals surface area contributed by atoms with Gasteiger partial charge in [-0.1, -0.05) is 30.8 Å². The molecule has 1 aromatic carbocycles. The quantitative estimate of drug-likeness (QED) is 0.718. The van der Waals surface area contributed by atoms with Crippen molar-refractivity contribution in [2.45, 2.75) is 51.3 Å². The lowest BCUT2D eigenvalue weighted by molar-refractivity contribution is -0.274. The second-order valence-electron chi connectivity index (χ2n) is 6.68. The first-order valence-electron chi connectivity index (χ1n) is 8.14. The van der Waals surface area contributed by atoms with Gasteiger partial charge in [-0.05, 0) is 44.2 Å². The molecule has 27 heavy (non-hydrogen) atoms. The summed E-state index contributed by atoms with van der Waals surface area (Å²) in [6.45, 7) is 7.09. The Morgan fingerprint density at radius 1 is 1.11 bits per heavy atom. The van der Waals surface area contributed by atoms with Gasteiger partial charge in [0.2, 0.25) is 0 Å². The predicted molar refractivity (Wildman–Crippen MR) is 96.4 cm³/mol. The zero-order chi connectivity index (χ0) is 20.4. The Balaban J connectivity index is 2.45. The van der Waals surface area contributed by atoms with Crippen molar-refractivity contribution in [1.82, 2.24) is 14.1 Å². The summed E-state index contributed by atoms with van der Waals surface area (Å²) in [6.07, 6.45) is -4.77. The Morgan fingerprint density at radius 2 is 1.70 bits per heavy atom. The predicted octanol–water partition coefficient (Wildman–Crippen LogP) is 3.22. The lowest BCUT2D eigenvalue weighted by Crippen LogP contribution is -2.49. The van der Waals surface area contributed by atoms with Crippen LogP contribution in [0.15, 0.2) is 39.0 Å². The summed E-state index contributed by atoms with van der Waals surface area (Å²) in [6, 6.07) is 5.21. The maximum absolute atomic E-state index is 12.9. The minimum atomic E-state index is -4.77. The third-order valence-electron chi connectivity index (χ3n) is 3.48. The molecule has 0 atom stereocenters. The molecule has 1 heterocycles. The van der Waals surface area contributed by atoms with E-state index in [1.807, 2.05) is 6.92 Å². The van der Waals surface area contributed by atoms with E-state index in [4.69, 9.17) is 0 Å². The van der Waals surface area contributed by atoms with Crippen LogP contribution in [0.1, 0.15) is 33.3 Å². The molecule has 0 aliphatic heterocycles. The van der Waals surface area contributed by atoms with E-state index in [9.17, 15) is 22.8 Å². The number of aromatic nitrogens is 3. The maximum Gasteiger partial charge on any atom is 0.573 e. The highest BCUT2D eigenvalue weighted by Gasteiger charge is 2.31. The summed E-state index contributed by atoms with van der Waals surface area (Å²) in [5.74, 6) is 0.253. The largest absolute Gasteiger partial charge is 0.573 e. The number of hydrogen-bond donors (Lipinski definition) is 0. The van der Waals surface area contributed by atoms with Crippen molar-refractivity contribution in [1.29, 1.82) is 0 Å². The van der Waals surface area contributed by atoms with Crippen LogP contribution in [0.25, 0.3) is 0 Å². The first kappa shape index (κ1) is 21.1. The fourth-order valence-corrected chi connectivity index (χ4v) is 3.10. The van der Waals surface area contributed by atoms with E-state index < -0.39 is 23.3 Å². The molecule has 1 aromatic heterocycles. The summed E-state index contributed by atoms with van der Waals surface area (Å²) < 4.78 is 43.0. The van der Waals surface area contributed by atoms with Crippen molar-refractivity contribution in [2.75, 3.05) is 5.75 Å². The molecule has 0 saturated carbocycles. The van der Waals surface area contributed by atoms with Gasteiger partial charge in [0.25, 0.3) is 0 Å². The first-order valence-corrected chi connectivity index (χ1v) is 9.13. The fraction of sp³-hybridized carbons (Fsp3) is 0.471. The molecule has 0 radical (unpaired) electrons. The Kier molecular flexibility index (Phi) is 6.08. The molecule has 0 unspecified atom stereocenters. The van der Waals surface area contributed by atoms with Crippen molar-refractivity contribution in [2.24, 2.45) is 0 Å². The Morgan fingerprint density at radius 3 is 2.19 bits per heavy atom. The lowest BCUT2D eigenvalue weighted by Gasteiger charge is -2.22. The van der Waals surface area contributed by atoms with Crippen LogP contribution >= 0.6 is 11.8 Å². The Bertz CT molecular complexity index is 913. The SMILES string of the molecule is CCSc1nc(=O)n(C(C)(C)C)c(=O)n1Cc1ccc(OC(F)(F)F)cc1. The normalized spacial score (nSPS) is 12.3. The molecule has 148 valence electrons. The maximum atomic E-state index is 12.9. The van der Waals surface area contributed by atoms with E-state index in [0.29, 0.717) is 11.3 Å². The van der Waals surface area contributed by atoms with Gasteiger partial charge in [0.15, 0.2) is 5.16 Å². The number of thioether (sulfide) groups is 1. The van der Waals surface area contributed by atoms with Gasteiger partial charge in [-0.15, -0.1) is 13.2 Å². The molecule has 0 aliphatic carbocycles. The number of halogens is 3. The molecule has 2 rings (SSSR count). The van der Waals surface area contributed by atoms with Crippen molar-refractivity contribution in [3.05, 3.63) is 50.8 Å². The lowest BCUT2D eigenvalue weighted by atomic mass is 10.1. The van der Waals surface area contributed by atoms with Crippen LogP contribution in [0.4, 0.5) is 13.2 Å². The third-order valence-corrected chi connectivity index (χ3v) is 4.34. The van der Waals surface area contributed by atoms with Gasteiger partial charge in [0.1, 0.15) is 5.75 Å². The van der Waals surface area contributed by atoms with E-state index in [2.05, 4.69) is 9.72 Å². The van der Waals surface area contributed by atoms with E-state index in [0.717, 1.165) is 4.57 Å². The van der Waals surface area contributed by atoms with Gasteiger partial charge in [0, 0.05) is 5.54 Å². The van der Waals surface area contributed by atoms with Crippen molar-refractivity contribution in [3.63, 3.8) is 0 Å². The van der Waals surface area contributed by atoms with E-state index in [1.165, 1.54) is 40.6 Å². The Labute approximate surface area is 158 Å². The molecule has 10 heteroatoms. The van der Waals surface area contributed by atoms with Crippen molar-refractivity contribution < 1.29 is 17.9 Å². The standard InChI is InChI=1S/C17H20F3N3O3S/c1-5-27-14-21-13(24)23(16(2,3)4)15(25)22(14)10-11-6-8-12(9-7-11)26-17(18,19)20/h6-9H,5,10H2,1-4H3. The monoisotopic (exact) mass is 403 g/mol. The van der Waals surface area contributed by atoms with Gasteiger partial charge in [-0.25, -0.2) is 14.2 Å². The molecular weight excluding hydrogens is 383 g/mol. The highest BCUT2D eigenvalue weighted by molar-refractivity contribution is 7.99. The van der Waals surface area contributed by atoms with Crippen LogP contribution < -0.4 is 16.1 Å². The molecule has 0 bridgehead atoms. The first-order chi connectivity index (χ1) is 12.4. The molecule has 0 saturated heterocycles. The minimum Gasteiger partial charge on any atom is -0.406 e. The summed E-state index contributed by atoms with van der Waals surface area (Å²) in [7, 11) is 0.